The predicted molar refractivity (Wildman–Crippen MR) is 84.5 cm³/mol. The topological polar surface area (TPSA) is 75.1 Å². The number of hydrogen-bond acceptors (Lipinski definition) is 6. The summed E-state index contributed by atoms with van der Waals surface area (Å²) in [7, 11) is 4.00. The molecule has 0 radical (unpaired) electrons. The maximum atomic E-state index is 12.7. The molecule has 1 aliphatic heterocycles. The molecule has 3 heterocycles. The van der Waals surface area contributed by atoms with E-state index in [1.54, 1.807) is 29.4 Å². The average molecular weight is 312 g/mol. The number of likely N-dealkylation sites (tertiary alicyclic amines) is 1. The van der Waals surface area contributed by atoms with E-state index < -0.39 is 0 Å². The van der Waals surface area contributed by atoms with Crippen molar-refractivity contribution in [3.8, 4) is 0 Å². The number of nitrogens with zero attached hydrogens (tertiary/aromatic N) is 6. The number of aromatic nitrogens is 4. The molecule has 0 N–H and O–H groups in total. The SMILES string of the molecule is CN(C)Cc1ccnc([C@H]2CCCN2C(=O)c2cccnn2)n1. The standard InChI is InChI=1S/C16H20N6O/c1-21(2)11-12-7-9-17-15(19-12)14-6-4-10-22(14)16(23)13-5-3-8-18-20-13/h3,5,7-9,14H,4,6,10-11H2,1-2H3/t14-/m1/s1. The summed E-state index contributed by atoms with van der Waals surface area (Å²) in [4.78, 5) is 25.6. The number of amides is 1. The van der Waals surface area contributed by atoms with Gasteiger partial charge in [-0.15, -0.1) is 5.10 Å². The van der Waals surface area contributed by atoms with Crippen LogP contribution in [0.3, 0.4) is 0 Å². The van der Waals surface area contributed by atoms with Gasteiger partial charge in [-0.05, 0) is 45.1 Å². The highest BCUT2D eigenvalue weighted by atomic mass is 16.2. The highest BCUT2D eigenvalue weighted by Crippen LogP contribution is 2.30. The van der Waals surface area contributed by atoms with Crippen molar-refractivity contribution >= 4 is 5.91 Å². The number of hydrogen-bond donors (Lipinski definition) is 0. The largest absolute Gasteiger partial charge is 0.327 e. The zero-order valence-corrected chi connectivity index (χ0v) is 13.4. The Balaban J connectivity index is 1.83. The van der Waals surface area contributed by atoms with E-state index >= 15 is 0 Å². The molecule has 7 heteroatoms. The van der Waals surface area contributed by atoms with Gasteiger partial charge in [-0.25, -0.2) is 9.97 Å². The molecule has 2 aromatic heterocycles. The van der Waals surface area contributed by atoms with Gasteiger partial charge in [0.15, 0.2) is 11.5 Å². The minimum atomic E-state index is -0.109. The highest BCUT2D eigenvalue weighted by Gasteiger charge is 2.33. The molecule has 120 valence electrons. The van der Waals surface area contributed by atoms with Gasteiger partial charge in [-0.2, -0.15) is 5.10 Å². The van der Waals surface area contributed by atoms with Gasteiger partial charge in [-0.1, -0.05) is 0 Å². The van der Waals surface area contributed by atoms with E-state index in [2.05, 4.69) is 25.1 Å². The van der Waals surface area contributed by atoms with Crippen molar-refractivity contribution in [2.24, 2.45) is 0 Å². The van der Waals surface area contributed by atoms with Gasteiger partial charge in [0, 0.05) is 25.5 Å². The molecule has 23 heavy (non-hydrogen) atoms. The van der Waals surface area contributed by atoms with Crippen molar-refractivity contribution in [1.29, 1.82) is 0 Å². The van der Waals surface area contributed by atoms with E-state index in [9.17, 15) is 4.79 Å². The summed E-state index contributed by atoms with van der Waals surface area (Å²) in [5.41, 5.74) is 1.32. The fourth-order valence-corrected chi connectivity index (χ4v) is 2.83. The van der Waals surface area contributed by atoms with Crippen molar-refractivity contribution in [3.05, 3.63) is 47.8 Å². The van der Waals surface area contributed by atoms with Crippen LogP contribution in [0.4, 0.5) is 0 Å². The molecule has 0 unspecified atom stereocenters. The number of rotatable bonds is 4. The summed E-state index contributed by atoms with van der Waals surface area (Å²) >= 11 is 0. The lowest BCUT2D eigenvalue weighted by molar-refractivity contribution is 0.0722. The van der Waals surface area contributed by atoms with Gasteiger partial charge in [0.2, 0.25) is 0 Å². The van der Waals surface area contributed by atoms with Crippen molar-refractivity contribution in [2.45, 2.75) is 25.4 Å². The van der Waals surface area contributed by atoms with Crippen LogP contribution >= 0.6 is 0 Å². The quantitative estimate of drug-likeness (QED) is 0.847. The lowest BCUT2D eigenvalue weighted by Crippen LogP contribution is -2.32. The first-order chi connectivity index (χ1) is 11.1. The molecule has 0 bridgehead atoms. The number of carbonyl (C=O) groups excluding carboxylic acids is 1. The normalized spacial score (nSPS) is 17.7. The predicted octanol–water partition coefficient (Wildman–Crippen LogP) is 1.31. The molecule has 1 aliphatic rings. The Labute approximate surface area is 135 Å². The van der Waals surface area contributed by atoms with E-state index in [0.717, 1.165) is 25.1 Å². The minimum Gasteiger partial charge on any atom is -0.327 e. The van der Waals surface area contributed by atoms with Crippen LogP contribution in [0.1, 0.15) is 40.9 Å². The lowest BCUT2D eigenvalue weighted by Gasteiger charge is -2.23. The van der Waals surface area contributed by atoms with Crippen molar-refractivity contribution in [1.82, 2.24) is 30.0 Å². The number of carbonyl (C=O) groups is 1. The zero-order valence-electron chi connectivity index (χ0n) is 13.4. The fourth-order valence-electron chi connectivity index (χ4n) is 2.83. The summed E-state index contributed by atoms with van der Waals surface area (Å²) < 4.78 is 0. The average Bonchev–Trinajstić information content (AvgIpc) is 3.04. The highest BCUT2D eigenvalue weighted by molar-refractivity contribution is 5.92. The van der Waals surface area contributed by atoms with E-state index in [1.165, 1.54) is 0 Å². The summed E-state index contributed by atoms with van der Waals surface area (Å²) in [6.45, 7) is 1.45. The summed E-state index contributed by atoms with van der Waals surface area (Å²) in [5.74, 6) is 0.598. The van der Waals surface area contributed by atoms with E-state index in [1.807, 2.05) is 20.2 Å². The molecule has 1 fully saturated rings. The molecular formula is C16H20N6O. The molecule has 3 rings (SSSR count). The molecule has 7 nitrogen and oxygen atoms in total. The second-order valence-electron chi connectivity index (χ2n) is 5.91. The first kappa shape index (κ1) is 15.5. The molecule has 1 saturated heterocycles. The maximum absolute atomic E-state index is 12.7. The minimum absolute atomic E-state index is 0.0911. The Hall–Kier alpha value is -2.41. The third kappa shape index (κ3) is 3.50. The van der Waals surface area contributed by atoms with E-state index in [0.29, 0.717) is 18.1 Å². The monoisotopic (exact) mass is 312 g/mol. The Morgan fingerprint density at radius 1 is 1.35 bits per heavy atom. The van der Waals surface area contributed by atoms with Crippen LogP contribution in [0.5, 0.6) is 0 Å². The molecular weight excluding hydrogens is 292 g/mol. The first-order valence-corrected chi connectivity index (χ1v) is 7.70. The Bertz CT molecular complexity index is 675. The van der Waals surface area contributed by atoms with Gasteiger partial charge >= 0.3 is 0 Å². The molecule has 2 aromatic rings. The molecule has 0 saturated carbocycles. The Kier molecular flexibility index (Phi) is 4.57. The Morgan fingerprint density at radius 3 is 2.96 bits per heavy atom. The summed E-state index contributed by atoms with van der Waals surface area (Å²) in [6.07, 6.45) is 5.14. The first-order valence-electron chi connectivity index (χ1n) is 7.70. The van der Waals surface area contributed by atoms with Crippen molar-refractivity contribution in [2.75, 3.05) is 20.6 Å². The smallest absolute Gasteiger partial charge is 0.274 e. The van der Waals surface area contributed by atoms with Gasteiger partial charge in [0.05, 0.1) is 11.7 Å². The van der Waals surface area contributed by atoms with Crippen molar-refractivity contribution < 1.29 is 4.79 Å². The molecule has 0 spiro atoms. The molecule has 0 aromatic carbocycles. The summed E-state index contributed by atoms with van der Waals surface area (Å²) in [6, 6.07) is 5.23. The van der Waals surface area contributed by atoms with Gasteiger partial charge in [-0.3, -0.25) is 4.79 Å². The van der Waals surface area contributed by atoms with Crippen LogP contribution in [-0.2, 0) is 6.54 Å². The molecule has 1 amide bonds. The zero-order chi connectivity index (χ0) is 16.2. The van der Waals surface area contributed by atoms with Gasteiger partial charge < -0.3 is 9.80 Å². The van der Waals surface area contributed by atoms with Crippen LogP contribution in [-0.4, -0.2) is 56.5 Å². The van der Waals surface area contributed by atoms with Crippen LogP contribution in [0, 0.1) is 0 Å². The van der Waals surface area contributed by atoms with Gasteiger partial charge in [0.25, 0.3) is 5.91 Å². The van der Waals surface area contributed by atoms with Gasteiger partial charge in [0.1, 0.15) is 0 Å². The van der Waals surface area contributed by atoms with E-state index in [4.69, 9.17) is 0 Å². The van der Waals surface area contributed by atoms with Crippen LogP contribution in [0.15, 0.2) is 30.6 Å². The lowest BCUT2D eigenvalue weighted by atomic mass is 10.2. The third-order valence-corrected chi connectivity index (χ3v) is 3.81. The Morgan fingerprint density at radius 2 is 2.22 bits per heavy atom. The van der Waals surface area contributed by atoms with E-state index in [-0.39, 0.29) is 11.9 Å². The second kappa shape index (κ2) is 6.78. The summed E-state index contributed by atoms with van der Waals surface area (Å²) in [5, 5.41) is 7.71. The van der Waals surface area contributed by atoms with Crippen LogP contribution in [0.2, 0.25) is 0 Å². The maximum Gasteiger partial charge on any atom is 0.274 e. The van der Waals surface area contributed by atoms with Crippen molar-refractivity contribution in [3.63, 3.8) is 0 Å². The molecule has 1 atom stereocenters. The third-order valence-electron chi connectivity index (χ3n) is 3.81. The van der Waals surface area contributed by atoms with Crippen LogP contribution < -0.4 is 0 Å². The second-order valence-corrected chi connectivity index (χ2v) is 5.91. The molecule has 0 aliphatic carbocycles. The fraction of sp³-hybridized carbons (Fsp3) is 0.438. The van der Waals surface area contributed by atoms with Crippen LogP contribution in [0.25, 0.3) is 0 Å².